The molecule has 21 heavy (non-hydrogen) atoms. The number of carbonyl (C=O) groups excluding carboxylic acids is 1. The van der Waals surface area contributed by atoms with Gasteiger partial charge in [0.05, 0.1) is 14.2 Å². The summed E-state index contributed by atoms with van der Waals surface area (Å²) in [5, 5.41) is 12.0. The van der Waals surface area contributed by atoms with Crippen LogP contribution in [-0.2, 0) is 4.79 Å². The number of thioether (sulfide) groups is 1. The van der Waals surface area contributed by atoms with Crippen molar-refractivity contribution < 1.29 is 24.2 Å². The first-order chi connectivity index (χ1) is 10.0. The third-order valence-corrected chi connectivity index (χ3v) is 4.62. The molecule has 1 aliphatic heterocycles. The third kappa shape index (κ3) is 3.07. The molecule has 0 saturated carbocycles. The fourth-order valence-electron chi connectivity index (χ4n) is 2.15. The van der Waals surface area contributed by atoms with Crippen LogP contribution in [0.2, 0.25) is 0 Å². The minimum Gasteiger partial charge on any atom is -0.493 e. The molecular weight excluding hydrogens is 294 g/mol. The topological polar surface area (TPSA) is 84.9 Å². The molecule has 0 unspecified atom stereocenters. The van der Waals surface area contributed by atoms with E-state index in [1.807, 2.05) is 0 Å². The first-order valence-corrected chi connectivity index (χ1v) is 7.53. The van der Waals surface area contributed by atoms with E-state index in [0.717, 1.165) is 5.75 Å². The van der Waals surface area contributed by atoms with Crippen molar-refractivity contribution in [3.63, 3.8) is 0 Å². The lowest BCUT2D eigenvalue weighted by Crippen LogP contribution is -2.54. The van der Waals surface area contributed by atoms with Gasteiger partial charge in [0.15, 0.2) is 11.5 Å². The summed E-state index contributed by atoms with van der Waals surface area (Å²) in [6, 6.07) is 4.73. The van der Waals surface area contributed by atoms with Crippen LogP contribution in [0.25, 0.3) is 0 Å². The first kappa shape index (κ1) is 15.5. The lowest BCUT2D eigenvalue weighted by atomic mass is 9.98. The van der Waals surface area contributed by atoms with Crippen LogP contribution in [0.5, 0.6) is 11.5 Å². The van der Waals surface area contributed by atoms with Crippen molar-refractivity contribution in [3.05, 3.63) is 23.8 Å². The monoisotopic (exact) mass is 311 g/mol. The molecule has 0 aromatic heterocycles. The molecule has 1 heterocycles. The predicted molar refractivity (Wildman–Crippen MR) is 79.3 cm³/mol. The van der Waals surface area contributed by atoms with E-state index in [-0.39, 0.29) is 0 Å². The van der Waals surface area contributed by atoms with Crippen molar-refractivity contribution >= 4 is 23.6 Å². The Morgan fingerprint density at radius 3 is 2.52 bits per heavy atom. The molecule has 1 aromatic rings. The van der Waals surface area contributed by atoms with E-state index in [4.69, 9.17) is 9.47 Å². The van der Waals surface area contributed by atoms with E-state index >= 15 is 0 Å². The summed E-state index contributed by atoms with van der Waals surface area (Å²) < 4.78 is 10.3. The zero-order valence-electron chi connectivity index (χ0n) is 11.8. The Morgan fingerprint density at radius 1 is 1.29 bits per heavy atom. The van der Waals surface area contributed by atoms with Gasteiger partial charge in [-0.2, -0.15) is 11.8 Å². The maximum Gasteiger partial charge on any atom is 0.330 e. The number of benzene rings is 1. The molecule has 1 atom stereocenters. The summed E-state index contributed by atoms with van der Waals surface area (Å²) in [5.74, 6) is 0.607. The Labute approximate surface area is 126 Å². The average molecular weight is 311 g/mol. The smallest absolute Gasteiger partial charge is 0.330 e. The lowest BCUT2D eigenvalue weighted by Gasteiger charge is -2.24. The molecule has 0 bridgehead atoms. The quantitative estimate of drug-likeness (QED) is 0.855. The normalized spacial score (nSPS) is 20.9. The zero-order valence-corrected chi connectivity index (χ0v) is 12.7. The number of nitrogens with one attached hydrogen (secondary N) is 1. The van der Waals surface area contributed by atoms with Crippen molar-refractivity contribution in [2.24, 2.45) is 0 Å². The van der Waals surface area contributed by atoms with Crippen molar-refractivity contribution in [2.75, 3.05) is 25.7 Å². The lowest BCUT2D eigenvalue weighted by molar-refractivity contribution is -0.143. The van der Waals surface area contributed by atoms with Crippen molar-refractivity contribution in [1.29, 1.82) is 0 Å². The fraction of sp³-hybridized carbons (Fsp3) is 0.429. The Hall–Kier alpha value is -1.89. The van der Waals surface area contributed by atoms with Gasteiger partial charge < -0.3 is 19.9 Å². The molecule has 6 nitrogen and oxygen atoms in total. The minimum atomic E-state index is -1.19. The fourth-order valence-corrected chi connectivity index (χ4v) is 3.48. The Kier molecular flexibility index (Phi) is 4.62. The average Bonchev–Trinajstić information content (AvgIpc) is 2.96. The molecule has 1 aliphatic rings. The van der Waals surface area contributed by atoms with Crippen LogP contribution in [0.1, 0.15) is 16.8 Å². The van der Waals surface area contributed by atoms with Crippen molar-refractivity contribution in [3.8, 4) is 11.5 Å². The maximum absolute atomic E-state index is 12.3. The van der Waals surface area contributed by atoms with Crippen LogP contribution in [0, 0.1) is 0 Å². The summed E-state index contributed by atoms with van der Waals surface area (Å²) in [6.45, 7) is 0. The van der Waals surface area contributed by atoms with Crippen LogP contribution in [0.15, 0.2) is 18.2 Å². The number of hydrogen-bond acceptors (Lipinski definition) is 5. The Bertz CT molecular complexity index is 554. The molecule has 114 valence electrons. The van der Waals surface area contributed by atoms with E-state index < -0.39 is 17.4 Å². The SMILES string of the molecule is COc1ccc(C(=O)N[C@]2(C(=O)O)CCSC2)cc1OC. The second-order valence-electron chi connectivity index (χ2n) is 4.71. The molecule has 2 rings (SSSR count). The first-order valence-electron chi connectivity index (χ1n) is 6.38. The van der Waals surface area contributed by atoms with Crippen LogP contribution in [0.4, 0.5) is 0 Å². The number of hydrogen-bond donors (Lipinski definition) is 2. The van der Waals surface area contributed by atoms with Gasteiger partial charge in [-0.05, 0) is 30.4 Å². The molecule has 2 N–H and O–H groups in total. The van der Waals surface area contributed by atoms with E-state index in [2.05, 4.69) is 5.32 Å². The summed E-state index contributed by atoms with van der Waals surface area (Å²) >= 11 is 1.52. The summed E-state index contributed by atoms with van der Waals surface area (Å²) in [7, 11) is 2.98. The standard InChI is InChI=1S/C14H17NO5S/c1-19-10-4-3-9(7-11(10)20-2)12(16)15-14(13(17)18)5-6-21-8-14/h3-4,7H,5-6,8H2,1-2H3,(H,15,16)(H,17,18)/t14-/m1/s1. The number of carboxylic acid groups (broad SMARTS) is 1. The van der Waals surface area contributed by atoms with Gasteiger partial charge >= 0.3 is 5.97 Å². The number of aliphatic carboxylic acids is 1. The Morgan fingerprint density at radius 2 is 2.00 bits per heavy atom. The molecular formula is C14H17NO5S. The number of methoxy groups -OCH3 is 2. The maximum atomic E-state index is 12.3. The summed E-state index contributed by atoms with van der Waals surface area (Å²) in [5.41, 5.74) is -0.847. The van der Waals surface area contributed by atoms with Crippen LogP contribution < -0.4 is 14.8 Å². The number of carboxylic acids is 1. The molecule has 1 amide bonds. The van der Waals surface area contributed by atoms with Gasteiger partial charge in [-0.1, -0.05) is 0 Å². The highest BCUT2D eigenvalue weighted by atomic mass is 32.2. The Balaban J connectivity index is 2.22. The number of carbonyl (C=O) groups is 2. The molecule has 0 spiro atoms. The van der Waals surface area contributed by atoms with Gasteiger partial charge in [-0.15, -0.1) is 0 Å². The molecule has 1 aromatic carbocycles. The van der Waals surface area contributed by atoms with Crippen molar-refractivity contribution in [1.82, 2.24) is 5.32 Å². The van der Waals surface area contributed by atoms with Crippen LogP contribution in [0.3, 0.4) is 0 Å². The summed E-state index contributed by atoms with van der Waals surface area (Å²) in [4.78, 5) is 23.7. The largest absolute Gasteiger partial charge is 0.493 e. The van der Waals surface area contributed by atoms with Gasteiger partial charge in [0.1, 0.15) is 5.54 Å². The van der Waals surface area contributed by atoms with E-state index in [0.29, 0.717) is 29.2 Å². The number of rotatable bonds is 5. The van der Waals surface area contributed by atoms with E-state index in [1.54, 1.807) is 12.1 Å². The number of ether oxygens (including phenoxy) is 2. The van der Waals surface area contributed by atoms with Gasteiger partial charge in [0.25, 0.3) is 5.91 Å². The predicted octanol–water partition coefficient (Wildman–Crippen LogP) is 1.39. The van der Waals surface area contributed by atoms with Crippen LogP contribution in [-0.4, -0.2) is 48.2 Å². The highest BCUT2D eigenvalue weighted by molar-refractivity contribution is 7.99. The van der Waals surface area contributed by atoms with Crippen LogP contribution >= 0.6 is 11.8 Å². The van der Waals surface area contributed by atoms with Gasteiger partial charge in [-0.3, -0.25) is 4.79 Å². The second kappa shape index (κ2) is 6.26. The molecule has 1 saturated heterocycles. The highest BCUT2D eigenvalue weighted by Crippen LogP contribution is 2.30. The zero-order chi connectivity index (χ0) is 15.5. The molecule has 0 radical (unpaired) electrons. The molecule has 1 fully saturated rings. The van der Waals surface area contributed by atoms with Crippen molar-refractivity contribution in [2.45, 2.75) is 12.0 Å². The highest BCUT2D eigenvalue weighted by Gasteiger charge is 2.43. The molecule has 0 aliphatic carbocycles. The van der Waals surface area contributed by atoms with E-state index in [1.165, 1.54) is 32.0 Å². The summed E-state index contributed by atoms with van der Waals surface area (Å²) in [6.07, 6.45) is 0.423. The number of amides is 1. The van der Waals surface area contributed by atoms with E-state index in [9.17, 15) is 14.7 Å². The van der Waals surface area contributed by atoms with Gasteiger partial charge in [-0.25, -0.2) is 4.79 Å². The van der Waals surface area contributed by atoms with Gasteiger partial charge in [0, 0.05) is 11.3 Å². The minimum absolute atomic E-state index is 0.338. The second-order valence-corrected chi connectivity index (χ2v) is 5.82. The van der Waals surface area contributed by atoms with Gasteiger partial charge in [0.2, 0.25) is 0 Å². The molecule has 7 heteroatoms. The third-order valence-electron chi connectivity index (χ3n) is 3.43.